The Labute approximate surface area is 151 Å². The molecule has 0 aliphatic carbocycles. The normalized spacial score (nSPS) is 15.7. The zero-order valence-electron chi connectivity index (χ0n) is 14.3. The van der Waals surface area contributed by atoms with Gasteiger partial charge in [-0.25, -0.2) is 13.2 Å². The summed E-state index contributed by atoms with van der Waals surface area (Å²) in [6.45, 7) is 1.38. The molecule has 2 N–H and O–H groups in total. The lowest BCUT2D eigenvalue weighted by Crippen LogP contribution is -2.28. The smallest absolute Gasteiger partial charge is 0.328 e. The molecular weight excluding hydrogens is 356 g/mol. The molecule has 0 saturated heterocycles. The van der Waals surface area contributed by atoms with Crippen molar-refractivity contribution < 1.29 is 22.7 Å². The molecule has 1 heterocycles. The van der Waals surface area contributed by atoms with Crippen LogP contribution in [0.15, 0.2) is 52.3 Å². The van der Waals surface area contributed by atoms with Crippen LogP contribution in [0.5, 0.6) is 0 Å². The van der Waals surface area contributed by atoms with Gasteiger partial charge in [0, 0.05) is 24.7 Å². The first-order valence-corrected chi connectivity index (χ1v) is 9.40. The number of amides is 1. The van der Waals surface area contributed by atoms with Crippen molar-refractivity contribution in [1.29, 1.82) is 0 Å². The van der Waals surface area contributed by atoms with Crippen LogP contribution in [0.2, 0.25) is 0 Å². The van der Waals surface area contributed by atoms with Crippen LogP contribution in [-0.2, 0) is 30.6 Å². The molecule has 0 spiro atoms. The second kappa shape index (κ2) is 6.80. The Bertz CT molecular complexity index is 968. The second-order valence-corrected chi connectivity index (χ2v) is 7.83. The zero-order valence-corrected chi connectivity index (χ0v) is 15.1. The molecule has 0 aromatic heterocycles. The minimum Gasteiger partial charge on any atom is -0.467 e. The van der Waals surface area contributed by atoms with Gasteiger partial charge in [-0.1, -0.05) is 6.07 Å². The molecule has 0 bridgehead atoms. The quantitative estimate of drug-likeness (QED) is 0.794. The molecule has 2 aromatic carbocycles. The molecule has 7 nitrogen and oxygen atoms in total. The van der Waals surface area contributed by atoms with Crippen molar-refractivity contribution in [3.05, 3.63) is 48.0 Å². The minimum absolute atomic E-state index is 0.113. The van der Waals surface area contributed by atoms with E-state index in [1.165, 1.54) is 44.4 Å². The maximum Gasteiger partial charge on any atom is 0.328 e. The predicted molar refractivity (Wildman–Crippen MR) is 95.8 cm³/mol. The Morgan fingerprint density at radius 3 is 2.46 bits per heavy atom. The van der Waals surface area contributed by atoms with E-state index in [-0.39, 0.29) is 22.1 Å². The summed E-state index contributed by atoms with van der Waals surface area (Å²) >= 11 is 0. The van der Waals surface area contributed by atoms with Gasteiger partial charge in [0.05, 0.1) is 16.9 Å². The summed E-state index contributed by atoms with van der Waals surface area (Å²) in [6.07, 6.45) is 0.237. The number of hydrogen-bond acceptors (Lipinski definition) is 6. The van der Waals surface area contributed by atoms with Crippen molar-refractivity contribution in [1.82, 2.24) is 0 Å². The molecule has 1 aliphatic heterocycles. The molecule has 0 fully saturated rings. The molecule has 26 heavy (non-hydrogen) atoms. The van der Waals surface area contributed by atoms with Gasteiger partial charge in [-0.2, -0.15) is 0 Å². The number of fused-ring (bicyclic) bond motifs is 1. The molecule has 0 saturated carbocycles. The summed E-state index contributed by atoms with van der Waals surface area (Å²) < 4.78 is 30.8. The van der Waals surface area contributed by atoms with Crippen LogP contribution in [0.1, 0.15) is 12.5 Å². The van der Waals surface area contributed by atoms with Gasteiger partial charge in [-0.05, 0) is 42.0 Å². The summed E-state index contributed by atoms with van der Waals surface area (Å²) in [6, 6.07) is 10.2. The van der Waals surface area contributed by atoms with Crippen molar-refractivity contribution in [3.8, 4) is 0 Å². The number of esters is 1. The number of hydrogen-bond donors (Lipinski definition) is 2. The highest BCUT2D eigenvalue weighted by Crippen LogP contribution is 2.34. The van der Waals surface area contributed by atoms with Crippen LogP contribution in [0.4, 0.5) is 11.4 Å². The fourth-order valence-electron chi connectivity index (χ4n) is 2.94. The average molecular weight is 374 g/mol. The maximum atomic E-state index is 13.0. The Kier molecular flexibility index (Phi) is 4.69. The van der Waals surface area contributed by atoms with E-state index in [2.05, 4.69) is 10.6 Å². The lowest BCUT2D eigenvalue weighted by Gasteiger charge is -2.10. The first-order valence-electron chi connectivity index (χ1n) is 7.92. The Hall–Kier alpha value is -2.87. The largest absolute Gasteiger partial charge is 0.467 e. The standard InChI is InChI=1S/C18H18N2O5S/c1-11(21)19-12-6-8-13(9-7-12)26(23,24)17-5-3-4-15-14(17)10-16(20-15)18(22)25-2/h3-9,16,20H,10H2,1-2H3,(H,19,21). The number of anilines is 2. The molecule has 1 amide bonds. The average Bonchev–Trinajstić information content (AvgIpc) is 3.05. The maximum absolute atomic E-state index is 13.0. The molecular formula is C18H18N2O5S. The van der Waals surface area contributed by atoms with Gasteiger partial charge in [0.15, 0.2) is 0 Å². The van der Waals surface area contributed by atoms with E-state index in [9.17, 15) is 18.0 Å². The van der Waals surface area contributed by atoms with Crippen LogP contribution in [0.25, 0.3) is 0 Å². The summed E-state index contributed by atoms with van der Waals surface area (Å²) in [5, 5.41) is 5.59. The number of carbonyl (C=O) groups excluding carboxylic acids is 2. The highest BCUT2D eigenvalue weighted by molar-refractivity contribution is 7.91. The summed E-state index contributed by atoms with van der Waals surface area (Å²) in [7, 11) is -2.48. The SMILES string of the molecule is COC(=O)C1Cc2c(cccc2S(=O)(=O)c2ccc(NC(C)=O)cc2)N1. The van der Waals surface area contributed by atoms with Gasteiger partial charge >= 0.3 is 5.97 Å². The van der Waals surface area contributed by atoms with Gasteiger partial charge in [0.2, 0.25) is 15.7 Å². The molecule has 8 heteroatoms. The van der Waals surface area contributed by atoms with Gasteiger partial charge < -0.3 is 15.4 Å². The molecule has 1 unspecified atom stereocenters. The molecule has 3 rings (SSSR count). The van der Waals surface area contributed by atoms with E-state index < -0.39 is 21.8 Å². The lowest BCUT2D eigenvalue weighted by atomic mass is 10.1. The third-order valence-electron chi connectivity index (χ3n) is 4.13. The summed E-state index contributed by atoms with van der Waals surface area (Å²) in [4.78, 5) is 23.1. The van der Waals surface area contributed by atoms with Crippen molar-refractivity contribution in [2.45, 2.75) is 29.2 Å². The molecule has 0 radical (unpaired) electrons. The molecule has 1 aliphatic rings. The molecule has 136 valence electrons. The molecule has 1 atom stereocenters. The Morgan fingerprint density at radius 1 is 1.15 bits per heavy atom. The number of methoxy groups -OCH3 is 1. The monoisotopic (exact) mass is 374 g/mol. The number of sulfone groups is 1. The van der Waals surface area contributed by atoms with E-state index in [0.717, 1.165) is 0 Å². The third-order valence-corrected chi connectivity index (χ3v) is 5.99. The van der Waals surface area contributed by atoms with Crippen molar-refractivity contribution in [3.63, 3.8) is 0 Å². The number of carbonyl (C=O) groups is 2. The van der Waals surface area contributed by atoms with E-state index in [4.69, 9.17) is 4.74 Å². The van der Waals surface area contributed by atoms with Gasteiger partial charge in [-0.3, -0.25) is 4.79 Å². The summed E-state index contributed by atoms with van der Waals surface area (Å²) in [5.74, 6) is -0.675. The third kappa shape index (κ3) is 3.28. The van der Waals surface area contributed by atoms with Crippen LogP contribution in [-0.4, -0.2) is 33.4 Å². The topological polar surface area (TPSA) is 102 Å². The number of nitrogens with one attached hydrogen (secondary N) is 2. The Balaban J connectivity index is 1.96. The van der Waals surface area contributed by atoms with Crippen LogP contribution in [0, 0.1) is 0 Å². The van der Waals surface area contributed by atoms with E-state index >= 15 is 0 Å². The van der Waals surface area contributed by atoms with Crippen LogP contribution >= 0.6 is 0 Å². The van der Waals surface area contributed by atoms with Crippen molar-refractivity contribution >= 4 is 33.1 Å². The molecule has 2 aromatic rings. The van der Waals surface area contributed by atoms with Crippen LogP contribution in [0.3, 0.4) is 0 Å². The number of benzene rings is 2. The zero-order chi connectivity index (χ0) is 18.9. The number of ether oxygens (including phenoxy) is 1. The second-order valence-electron chi connectivity index (χ2n) is 5.92. The van der Waals surface area contributed by atoms with E-state index in [1.54, 1.807) is 12.1 Å². The van der Waals surface area contributed by atoms with E-state index in [0.29, 0.717) is 16.9 Å². The summed E-state index contributed by atoms with van der Waals surface area (Å²) in [5.41, 5.74) is 1.69. The van der Waals surface area contributed by atoms with Crippen molar-refractivity contribution in [2.75, 3.05) is 17.7 Å². The highest BCUT2D eigenvalue weighted by Gasteiger charge is 2.32. The van der Waals surface area contributed by atoms with Crippen molar-refractivity contribution in [2.24, 2.45) is 0 Å². The Morgan fingerprint density at radius 2 is 1.85 bits per heavy atom. The van der Waals surface area contributed by atoms with Gasteiger partial charge in [0.25, 0.3) is 0 Å². The van der Waals surface area contributed by atoms with E-state index in [1.807, 2.05) is 0 Å². The van der Waals surface area contributed by atoms with Gasteiger partial charge in [-0.15, -0.1) is 0 Å². The first-order chi connectivity index (χ1) is 12.3. The highest BCUT2D eigenvalue weighted by atomic mass is 32.2. The first kappa shape index (κ1) is 17.9. The fourth-order valence-corrected chi connectivity index (χ4v) is 4.46. The predicted octanol–water partition coefficient (Wildman–Crippen LogP) is 1.99. The van der Waals surface area contributed by atoms with Gasteiger partial charge in [0.1, 0.15) is 6.04 Å². The minimum atomic E-state index is -3.77. The van der Waals surface area contributed by atoms with Crippen LogP contribution < -0.4 is 10.6 Å². The fraction of sp³-hybridized carbons (Fsp3) is 0.222. The lowest BCUT2D eigenvalue weighted by molar-refractivity contribution is -0.141. The number of rotatable bonds is 4.